The number of hydrogen-bond acceptors (Lipinski definition) is 6. The monoisotopic (exact) mass is 472 g/mol. The molecule has 8 atom stereocenters. The van der Waals surface area contributed by atoms with Gasteiger partial charge in [-0.2, -0.15) is 0 Å². The van der Waals surface area contributed by atoms with Gasteiger partial charge in [0.2, 0.25) is 0 Å². The molecule has 4 aliphatic rings. The van der Waals surface area contributed by atoms with Crippen molar-refractivity contribution in [3.63, 3.8) is 0 Å². The lowest BCUT2D eigenvalue weighted by molar-refractivity contribution is -0.260. The van der Waals surface area contributed by atoms with Crippen LogP contribution in [0.25, 0.3) is 0 Å². The topological polar surface area (TPSA) is 86.0 Å². The Balaban J connectivity index is 1.56. The molecule has 1 N–H and O–H groups in total. The van der Waals surface area contributed by atoms with Gasteiger partial charge in [0.05, 0.1) is 11.7 Å². The molecule has 0 bridgehead atoms. The highest BCUT2D eigenvalue weighted by atomic mass is 16.6. The van der Waals surface area contributed by atoms with Gasteiger partial charge in [0.15, 0.2) is 5.43 Å². The molecular formula is C28H40O6. The van der Waals surface area contributed by atoms with E-state index in [0.29, 0.717) is 36.0 Å². The van der Waals surface area contributed by atoms with Crippen LogP contribution in [0.5, 0.6) is 5.95 Å². The summed E-state index contributed by atoms with van der Waals surface area (Å²) in [6.07, 6.45) is 4.19. The van der Waals surface area contributed by atoms with Crippen LogP contribution in [0.2, 0.25) is 0 Å². The third kappa shape index (κ3) is 3.16. The summed E-state index contributed by atoms with van der Waals surface area (Å²) >= 11 is 0. The van der Waals surface area contributed by atoms with Crippen LogP contribution in [0.15, 0.2) is 15.3 Å². The largest absolute Gasteiger partial charge is 0.462 e. The minimum atomic E-state index is -0.588. The van der Waals surface area contributed by atoms with E-state index in [2.05, 4.69) is 34.6 Å². The fraction of sp³-hybridized carbons (Fsp3) is 0.786. The van der Waals surface area contributed by atoms with Gasteiger partial charge in [-0.15, -0.1) is 0 Å². The summed E-state index contributed by atoms with van der Waals surface area (Å²) in [7, 11) is 0. The van der Waals surface area contributed by atoms with Gasteiger partial charge in [0.25, 0.3) is 5.95 Å². The molecule has 6 heteroatoms. The van der Waals surface area contributed by atoms with Crippen LogP contribution in [-0.2, 0) is 16.0 Å². The van der Waals surface area contributed by atoms with E-state index in [1.54, 1.807) is 13.0 Å². The number of carbonyl (C=O) groups is 1. The third-order valence-corrected chi connectivity index (χ3v) is 10.6. The SMILES string of the molecule is CC(=O)OC1CCC2(C)C(CCC3(C)C4Cc5c(oc(C)cc5=O)OC4(C)CC(O)C32)C1(C)C. The molecule has 188 valence electrons. The van der Waals surface area contributed by atoms with Gasteiger partial charge < -0.3 is 19.0 Å². The van der Waals surface area contributed by atoms with Gasteiger partial charge in [-0.05, 0) is 68.6 Å². The first-order valence-corrected chi connectivity index (χ1v) is 12.9. The smallest absolute Gasteiger partial charge is 0.302 e. The van der Waals surface area contributed by atoms with E-state index in [1.165, 1.54) is 6.92 Å². The molecule has 2 heterocycles. The van der Waals surface area contributed by atoms with Gasteiger partial charge in [-0.1, -0.05) is 27.7 Å². The summed E-state index contributed by atoms with van der Waals surface area (Å²) in [6.45, 7) is 14.5. The highest BCUT2D eigenvalue weighted by Gasteiger charge is 2.69. The Bertz CT molecular complexity index is 1070. The van der Waals surface area contributed by atoms with Crippen LogP contribution in [-0.4, -0.2) is 28.9 Å². The highest BCUT2D eigenvalue weighted by Crippen LogP contribution is 2.70. The van der Waals surface area contributed by atoms with E-state index in [-0.39, 0.29) is 45.6 Å². The van der Waals surface area contributed by atoms with Crippen molar-refractivity contribution in [3.8, 4) is 5.95 Å². The number of aliphatic hydroxyl groups is 1. The minimum Gasteiger partial charge on any atom is -0.462 e. The summed E-state index contributed by atoms with van der Waals surface area (Å²) in [5.74, 6) is 1.19. The van der Waals surface area contributed by atoms with Crippen LogP contribution in [0.4, 0.5) is 0 Å². The summed E-state index contributed by atoms with van der Waals surface area (Å²) in [5.41, 5.74) is -0.418. The molecule has 34 heavy (non-hydrogen) atoms. The predicted octanol–water partition coefficient (Wildman–Crippen LogP) is 4.81. The van der Waals surface area contributed by atoms with Crippen LogP contribution in [0.1, 0.15) is 85.0 Å². The molecule has 8 unspecified atom stereocenters. The van der Waals surface area contributed by atoms with E-state index in [4.69, 9.17) is 13.9 Å². The molecule has 3 fully saturated rings. The maximum Gasteiger partial charge on any atom is 0.302 e. The molecule has 3 saturated carbocycles. The minimum absolute atomic E-state index is 0.0185. The quantitative estimate of drug-likeness (QED) is 0.590. The Morgan fingerprint density at radius 1 is 1.09 bits per heavy atom. The summed E-state index contributed by atoms with van der Waals surface area (Å²) in [6, 6.07) is 1.55. The second-order valence-electron chi connectivity index (χ2n) is 13.0. The molecular weight excluding hydrogens is 432 g/mol. The van der Waals surface area contributed by atoms with Crippen molar-refractivity contribution in [2.45, 2.75) is 105 Å². The molecule has 0 saturated heterocycles. The lowest BCUT2D eigenvalue weighted by Crippen LogP contribution is -2.70. The zero-order valence-electron chi connectivity index (χ0n) is 21.7. The molecule has 1 aromatic rings. The number of carbonyl (C=O) groups excluding carboxylic acids is 1. The van der Waals surface area contributed by atoms with E-state index in [9.17, 15) is 14.7 Å². The van der Waals surface area contributed by atoms with Gasteiger partial charge in [-0.25, -0.2) is 0 Å². The molecule has 0 spiro atoms. The molecule has 6 nitrogen and oxygen atoms in total. The van der Waals surface area contributed by atoms with Crippen LogP contribution >= 0.6 is 0 Å². The van der Waals surface area contributed by atoms with E-state index in [0.717, 1.165) is 25.7 Å². The lowest BCUT2D eigenvalue weighted by atomic mass is 9.37. The first kappa shape index (κ1) is 23.9. The van der Waals surface area contributed by atoms with Crippen molar-refractivity contribution < 1.29 is 23.8 Å². The Hall–Kier alpha value is -1.82. The van der Waals surface area contributed by atoms with E-state index >= 15 is 0 Å². The van der Waals surface area contributed by atoms with Crippen molar-refractivity contribution in [1.82, 2.24) is 0 Å². The number of rotatable bonds is 1. The van der Waals surface area contributed by atoms with Crippen molar-refractivity contribution >= 4 is 5.97 Å². The third-order valence-electron chi connectivity index (χ3n) is 10.6. The van der Waals surface area contributed by atoms with Crippen molar-refractivity contribution in [2.24, 2.45) is 34.0 Å². The summed E-state index contributed by atoms with van der Waals surface area (Å²) < 4.78 is 18.1. The number of aryl methyl sites for hydroxylation is 1. The van der Waals surface area contributed by atoms with Crippen LogP contribution in [0.3, 0.4) is 0 Å². The molecule has 0 amide bonds. The summed E-state index contributed by atoms with van der Waals surface area (Å²) in [5, 5.41) is 11.8. The number of aliphatic hydroxyl groups excluding tert-OH is 1. The Kier molecular flexibility index (Phi) is 5.16. The molecule has 3 aliphatic carbocycles. The Morgan fingerprint density at radius 3 is 2.41 bits per heavy atom. The van der Waals surface area contributed by atoms with Crippen LogP contribution in [0, 0.1) is 40.9 Å². The highest BCUT2D eigenvalue weighted by molar-refractivity contribution is 5.66. The van der Waals surface area contributed by atoms with Gasteiger partial charge in [-0.3, -0.25) is 9.59 Å². The van der Waals surface area contributed by atoms with E-state index in [1.807, 2.05) is 0 Å². The van der Waals surface area contributed by atoms with Crippen molar-refractivity contribution in [1.29, 1.82) is 0 Å². The maximum absolute atomic E-state index is 12.9. The maximum atomic E-state index is 12.9. The van der Waals surface area contributed by atoms with Gasteiger partial charge in [0, 0.05) is 30.7 Å². The zero-order chi connectivity index (χ0) is 24.8. The standard InChI is InChI=1S/C28H40O6/c1-15-12-18(30)17-13-21-27(6)10-8-20-25(3,4)22(33-16(2)29)9-11-26(20,5)23(27)19(31)14-28(21,7)34-24(17)32-15/h12,19-23,31H,8-11,13-14H2,1-7H3. The molecule has 1 aromatic heterocycles. The molecule has 5 rings (SSSR count). The fourth-order valence-electron chi connectivity index (χ4n) is 9.41. The molecule has 1 aliphatic heterocycles. The molecule has 0 radical (unpaired) electrons. The normalized spacial score (nSPS) is 44.5. The predicted molar refractivity (Wildman–Crippen MR) is 128 cm³/mol. The first-order chi connectivity index (χ1) is 15.7. The van der Waals surface area contributed by atoms with Crippen LogP contribution < -0.4 is 10.2 Å². The zero-order valence-corrected chi connectivity index (χ0v) is 21.7. The lowest BCUT2D eigenvalue weighted by Gasteiger charge is -2.69. The van der Waals surface area contributed by atoms with Gasteiger partial charge in [0.1, 0.15) is 17.5 Å². The van der Waals surface area contributed by atoms with E-state index < -0.39 is 11.7 Å². The second-order valence-corrected chi connectivity index (χ2v) is 13.0. The molecule has 0 aromatic carbocycles. The Morgan fingerprint density at radius 2 is 1.74 bits per heavy atom. The number of ether oxygens (including phenoxy) is 2. The number of fused-ring (bicyclic) bond motifs is 6. The summed E-state index contributed by atoms with van der Waals surface area (Å²) in [4.78, 5) is 24.7. The average Bonchev–Trinajstić information content (AvgIpc) is 2.67. The van der Waals surface area contributed by atoms with Crippen molar-refractivity contribution in [2.75, 3.05) is 0 Å². The number of hydrogen-bond donors (Lipinski definition) is 1. The second kappa shape index (κ2) is 7.35. The first-order valence-electron chi connectivity index (χ1n) is 12.9. The van der Waals surface area contributed by atoms with Crippen molar-refractivity contribution in [3.05, 3.63) is 27.6 Å². The average molecular weight is 473 g/mol. The van der Waals surface area contributed by atoms with Gasteiger partial charge >= 0.3 is 5.97 Å². The Labute approximate surface area is 202 Å². The fourth-order valence-corrected chi connectivity index (χ4v) is 9.41. The number of esters is 1.